The molecule has 0 aromatic heterocycles. The number of carbonyl (C=O) groups is 1. The standard InChI is InChI=1S/C13H18N2O2S/c1-3-6-9(12(14)18)13(16)15-10-7-4-5-8-11(10)17-2/h4-5,7-9H,3,6H2,1-2H3,(H2,14,18)(H,15,16). The first kappa shape index (κ1) is 14.4. The Kier molecular flexibility index (Phi) is 5.58. The van der Waals surface area contributed by atoms with Crippen LogP contribution in [-0.2, 0) is 4.79 Å². The molecule has 1 atom stereocenters. The van der Waals surface area contributed by atoms with E-state index in [0.29, 0.717) is 17.9 Å². The predicted molar refractivity (Wildman–Crippen MR) is 76.8 cm³/mol. The Balaban J connectivity index is 2.82. The molecule has 0 aliphatic rings. The molecule has 0 saturated heterocycles. The van der Waals surface area contributed by atoms with Gasteiger partial charge in [-0.1, -0.05) is 37.7 Å². The third-order valence-electron chi connectivity index (χ3n) is 2.60. The Labute approximate surface area is 113 Å². The van der Waals surface area contributed by atoms with E-state index in [0.717, 1.165) is 6.42 Å². The van der Waals surface area contributed by atoms with Crippen LogP contribution in [0.3, 0.4) is 0 Å². The fourth-order valence-electron chi connectivity index (χ4n) is 1.66. The number of hydrogen-bond donors (Lipinski definition) is 2. The van der Waals surface area contributed by atoms with Crippen molar-refractivity contribution < 1.29 is 9.53 Å². The van der Waals surface area contributed by atoms with Gasteiger partial charge in [0.25, 0.3) is 0 Å². The number of para-hydroxylation sites is 2. The van der Waals surface area contributed by atoms with E-state index in [2.05, 4.69) is 5.32 Å². The molecule has 0 spiro atoms. The minimum Gasteiger partial charge on any atom is -0.495 e. The fourth-order valence-corrected chi connectivity index (χ4v) is 1.88. The average Bonchev–Trinajstić information content (AvgIpc) is 2.36. The summed E-state index contributed by atoms with van der Waals surface area (Å²) in [7, 11) is 1.56. The van der Waals surface area contributed by atoms with Gasteiger partial charge in [0.05, 0.1) is 23.7 Å². The molecular weight excluding hydrogens is 248 g/mol. The van der Waals surface area contributed by atoms with E-state index in [9.17, 15) is 4.79 Å². The van der Waals surface area contributed by atoms with Crippen LogP contribution in [0.25, 0.3) is 0 Å². The Morgan fingerprint density at radius 3 is 2.72 bits per heavy atom. The number of nitrogens with two attached hydrogens (primary N) is 1. The molecule has 1 rings (SSSR count). The quantitative estimate of drug-likeness (QED) is 0.776. The van der Waals surface area contributed by atoms with Crippen LogP contribution in [0.5, 0.6) is 5.75 Å². The zero-order chi connectivity index (χ0) is 13.5. The van der Waals surface area contributed by atoms with Crippen molar-refractivity contribution in [1.82, 2.24) is 0 Å². The summed E-state index contributed by atoms with van der Waals surface area (Å²) in [6.45, 7) is 1.99. The lowest BCUT2D eigenvalue weighted by Crippen LogP contribution is -2.33. The summed E-state index contributed by atoms with van der Waals surface area (Å²) in [5.41, 5.74) is 6.21. The minimum absolute atomic E-state index is 0.186. The highest BCUT2D eigenvalue weighted by molar-refractivity contribution is 7.80. The molecule has 0 aliphatic carbocycles. The smallest absolute Gasteiger partial charge is 0.234 e. The van der Waals surface area contributed by atoms with Crippen molar-refractivity contribution in [2.75, 3.05) is 12.4 Å². The molecule has 0 aliphatic heterocycles. The van der Waals surface area contributed by atoms with Crippen molar-refractivity contribution in [3.8, 4) is 5.75 Å². The number of ether oxygens (including phenoxy) is 1. The number of carbonyl (C=O) groups excluding carboxylic acids is 1. The summed E-state index contributed by atoms with van der Waals surface area (Å²) >= 11 is 4.92. The van der Waals surface area contributed by atoms with Crippen LogP contribution < -0.4 is 15.8 Å². The van der Waals surface area contributed by atoms with Gasteiger partial charge < -0.3 is 15.8 Å². The average molecular weight is 266 g/mol. The lowest BCUT2D eigenvalue weighted by molar-refractivity contribution is -0.118. The van der Waals surface area contributed by atoms with Gasteiger partial charge in [-0.3, -0.25) is 4.79 Å². The highest BCUT2D eigenvalue weighted by Crippen LogP contribution is 2.24. The van der Waals surface area contributed by atoms with Crippen LogP contribution in [0.15, 0.2) is 24.3 Å². The molecule has 3 N–H and O–H groups in total. The fraction of sp³-hybridized carbons (Fsp3) is 0.385. The lowest BCUT2D eigenvalue weighted by atomic mass is 10.0. The van der Waals surface area contributed by atoms with Gasteiger partial charge in [0.2, 0.25) is 5.91 Å². The molecular formula is C13H18N2O2S. The normalized spacial score (nSPS) is 11.7. The van der Waals surface area contributed by atoms with Gasteiger partial charge in [-0.05, 0) is 18.6 Å². The molecule has 18 heavy (non-hydrogen) atoms. The van der Waals surface area contributed by atoms with E-state index in [1.54, 1.807) is 19.2 Å². The molecule has 1 aromatic rings. The monoisotopic (exact) mass is 266 g/mol. The Morgan fingerprint density at radius 1 is 1.50 bits per heavy atom. The number of thiocarbonyl (C=S) groups is 1. The van der Waals surface area contributed by atoms with Crippen LogP contribution in [0, 0.1) is 5.92 Å². The summed E-state index contributed by atoms with van der Waals surface area (Å²) < 4.78 is 5.17. The second-order valence-electron chi connectivity index (χ2n) is 3.93. The molecule has 0 saturated carbocycles. The third-order valence-corrected chi connectivity index (χ3v) is 2.89. The van der Waals surface area contributed by atoms with Crippen LogP contribution in [0.1, 0.15) is 19.8 Å². The van der Waals surface area contributed by atoms with E-state index < -0.39 is 5.92 Å². The largest absolute Gasteiger partial charge is 0.495 e. The first-order valence-electron chi connectivity index (χ1n) is 5.83. The van der Waals surface area contributed by atoms with Crippen LogP contribution in [0.2, 0.25) is 0 Å². The molecule has 0 bridgehead atoms. The highest BCUT2D eigenvalue weighted by atomic mass is 32.1. The van der Waals surface area contributed by atoms with E-state index in [4.69, 9.17) is 22.7 Å². The van der Waals surface area contributed by atoms with Gasteiger partial charge in [-0.25, -0.2) is 0 Å². The summed E-state index contributed by atoms with van der Waals surface area (Å²) in [6.07, 6.45) is 1.50. The molecule has 0 heterocycles. The predicted octanol–water partition coefficient (Wildman–Crippen LogP) is 2.34. The molecule has 0 fully saturated rings. The van der Waals surface area contributed by atoms with Crippen LogP contribution >= 0.6 is 12.2 Å². The van der Waals surface area contributed by atoms with Crippen molar-refractivity contribution in [2.45, 2.75) is 19.8 Å². The molecule has 1 amide bonds. The Morgan fingerprint density at radius 2 is 2.17 bits per heavy atom. The Hall–Kier alpha value is -1.62. The maximum atomic E-state index is 12.1. The first-order valence-corrected chi connectivity index (χ1v) is 6.24. The van der Waals surface area contributed by atoms with E-state index in [-0.39, 0.29) is 10.9 Å². The second-order valence-corrected chi connectivity index (χ2v) is 4.40. The second kappa shape index (κ2) is 6.96. The maximum Gasteiger partial charge on any atom is 0.234 e. The van der Waals surface area contributed by atoms with Gasteiger partial charge >= 0.3 is 0 Å². The van der Waals surface area contributed by atoms with Gasteiger partial charge in [-0.15, -0.1) is 0 Å². The molecule has 5 heteroatoms. The summed E-state index contributed by atoms with van der Waals surface area (Å²) in [5, 5.41) is 2.80. The number of hydrogen-bond acceptors (Lipinski definition) is 3. The van der Waals surface area contributed by atoms with E-state index in [1.807, 2.05) is 19.1 Å². The summed E-state index contributed by atoms with van der Waals surface area (Å²) in [4.78, 5) is 12.3. The summed E-state index contributed by atoms with van der Waals surface area (Å²) in [6, 6.07) is 7.23. The number of anilines is 1. The van der Waals surface area contributed by atoms with Crippen molar-refractivity contribution >= 4 is 28.8 Å². The molecule has 0 radical (unpaired) electrons. The lowest BCUT2D eigenvalue weighted by Gasteiger charge is -2.16. The van der Waals surface area contributed by atoms with Gasteiger partial charge in [0, 0.05) is 0 Å². The number of nitrogens with one attached hydrogen (secondary N) is 1. The van der Waals surface area contributed by atoms with Gasteiger partial charge in [-0.2, -0.15) is 0 Å². The third kappa shape index (κ3) is 3.70. The summed E-state index contributed by atoms with van der Waals surface area (Å²) in [5.74, 6) is -0.00667. The first-order chi connectivity index (χ1) is 8.60. The van der Waals surface area contributed by atoms with Crippen molar-refractivity contribution in [3.05, 3.63) is 24.3 Å². The minimum atomic E-state index is -0.435. The van der Waals surface area contributed by atoms with Crippen molar-refractivity contribution in [3.63, 3.8) is 0 Å². The molecule has 1 aromatic carbocycles. The van der Waals surface area contributed by atoms with Gasteiger partial charge in [0.1, 0.15) is 5.75 Å². The van der Waals surface area contributed by atoms with Crippen molar-refractivity contribution in [1.29, 1.82) is 0 Å². The van der Waals surface area contributed by atoms with Crippen molar-refractivity contribution in [2.24, 2.45) is 11.7 Å². The SMILES string of the molecule is CCCC(C(=O)Nc1ccccc1OC)C(N)=S. The van der Waals surface area contributed by atoms with Crippen LogP contribution in [-0.4, -0.2) is 18.0 Å². The number of methoxy groups -OCH3 is 1. The van der Waals surface area contributed by atoms with E-state index >= 15 is 0 Å². The molecule has 4 nitrogen and oxygen atoms in total. The van der Waals surface area contributed by atoms with E-state index in [1.165, 1.54) is 0 Å². The number of rotatable bonds is 6. The zero-order valence-corrected chi connectivity index (χ0v) is 11.4. The topological polar surface area (TPSA) is 64.3 Å². The Bertz CT molecular complexity index is 435. The van der Waals surface area contributed by atoms with Gasteiger partial charge in [0.15, 0.2) is 0 Å². The van der Waals surface area contributed by atoms with Crippen LogP contribution in [0.4, 0.5) is 5.69 Å². The maximum absolute atomic E-state index is 12.1. The molecule has 98 valence electrons. The molecule has 1 unspecified atom stereocenters. The zero-order valence-electron chi connectivity index (χ0n) is 10.6. The highest BCUT2D eigenvalue weighted by Gasteiger charge is 2.21. The number of benzene rings is 1. The number of amides is 1.